The van der Waals surface area contributed by atoms with Crippen molar-refractivity contribution >= 4 is 6.29 Å². The van der Waals surface area contributed by atoms with Crippen molar-refractivity contribution < 1.29 is 4.79 Å². The van der Waals surface area contributed by atoms with Crippen LogP contribution in [0, 0.1) is 0 Å². The predicted molar refractivity (Wildman–Crippen MR) is 46.6 cm³/mol. The van der Waals surface area contributed by atoms with Gasteiger partial charge < -0.3 is 10.2 Å². The van der Waals surface area contributed by atoms with E-state index in [4.69, 9.17) is 4.79 Å². The molecule has 1 fully saturated rings. The fourth-order valence-corrected chi connectivity index (χ4v) is 0.777. The van der Waals surface area contributed by atoms with E-state index in [2.05, 4.69) is 23.8 Å². The molecule has 0 spiro atoms. The molecule has 0 unspecified atom stereocenters. The number of hydrogen-bond acceptors (Lipinski definition) is 3. The third-order valence-corrected chi connectivity index (χ3v) is 1.44. The molecule has 1 saturated heterocycles. The monoisotopic (exact) mass is 156 g/mol. The van der Waals surface area contributed by atoms with E-state index in [0.29, 0.717) is 6.29 Å². The van der Waals surface area contributed by atoms with Crippen LogP contribution in [0.2, 0.25) is 0 Å². The lowest BCUT2D eigenvalue weighted by atomic mass is 10.4. The number of rotatable bonds is 1. The van der Waals surface area contributed by atoms with Gasteiger partial charge in [-0.05, 0) is 13.1 Å². The van der Waals surface area contributed by atoms with Crippen LogP contribution in [0.15, 0.2) is 12.7 Å². The van der Waals surface area contributed by atoms with Gasteiger partial charge in [0, 0.05) is 26.2 Å². The summed E-state index contributed by atoms with van der Waals surface area (Å²) in [5.74, 6) is 0. The average Bonchev–Trinajstić information content (AvgIpc) is 2.07. The molecule has 3 nitrogen and oxygen atoms in total. The highest BCUT2D eigenvalue weighted by atomic mass is 16.1. The molecule has 0 aromatic rings. The highest BCUT2D eigenvalue weighted by molar-refractivity contribution is 5.63. The SMILES string of the molecule is C=CC=O.CN1CCNCC1. The van der Waals surface area contributed by atoms with Gasteiger partial charge >= 0.3 is 0 Å². The van der Waals surface area contributed by atoms with Crippen LogP contribution in [-0.2, 0) is 4.79 Å². The maximum absolute atomic E-state index is 9.06. The van der Waals surface area contributed by atoms with Gasteiger partial charge in [-0.15, -0.1) is 0 Å². The molecule has 0 bridgehead atoms. The highest BCUT2D eigenvalue weighted by Crippen LogP contribution is 1.82. The number of carbonyl (C=O) groups excluding carboxylic acids is 1. The van der Waals surface area contributed by atoms with Crippen molar-refractivity contribution in [3.8, 4) is 0 Å². The Kier molecular flexibility index (Phi) is 6.98. The van der Waals surface area contributed by atoms with Crippen LogP contribution < -0.4 is 5.32 Å². The minimum absolute atomic E-state index is 0.639. The van der Waals surface area contributed by atoms with E-state index < -0.39 is 0 Å². The van der Waals surface area contributed by atoms with Crippen molar-refractivity contribution in [1.82, 2.24) is 10.2 Å². The average molecular weight is 156 g/mol. The van der Waals surface area contributed by atoms with Crippen molar-refractivity contribution in [2.45, 2.75) is 0 Å². The highest BCUT2D eigenvalue weighted by Gasteiger charge is 2.01. The van der Waals surface area contributed by atoms with E-state index in [0.717, 1.165) is 13.1 Å². The quantitative estimate of drug-likeness (QED) is 0.425. The summed E-state index contributed by atoms with van der Waals surface area (Å²) in [6, 6.07) is 0. The molecule has 11 heavy (non-hydrogen) atoms. The van der Waals surface area contributed by atoms with Crippen molar-refractivity contribution in [2.24, 2.45) is 0 Å². The summed E-state index contributed by atoms with van der Waals surface area (Å²) in [5, 5.41) is 3.27. The van der Waals surface area contributed by atoms with Crippen LogP contribution in [0.1, 0.15) is 0 Å². The molecule has 1 aliphatic rings. The molecule has 1 heterocycles. The molecule has 1 rings (SSSR count). The van der Waals surface area contributed by atoms with E-state index in [1.54, 1.807) is 0 Å². The Labute approximate surface area is 68.1 Å². The summed E-state index contributed by atoms with van der Waals surface area (Å²) in [4.78, 5) is 11.4. The van der Waals surface area contributed by atoms with Crippen LogP contribution in [0.25, 0.3) is 0 Å². The first-order valence-electron chi connectivity index (χ1n) is 3.76. The van der Waals surface area contributed by atoms with Gasteiger partial charge in [0.1, 0.15) is 6.29 Å². The van der Waals surface area contributed by atoms with Crippen molar-refractivity contribution in [3.63, 3.8) is 0 Å². The number of allylic oxidation sites excluding steroid dienone is 1. The molecular weight excluding hydrogens is 140 g/mol. The van der Waals surface area contributed by atoms with Crippen LogP contribution in [0.3, 0.4) is 0 Å². The summed E-state index contributed by atoms with van der Waals surface area (Å²) in [6.45, 7) is 7.85. The summed E-state index contributed by atoms with van der Waals surface area (Å²) in [7, 11) is 2.15. The summed E-state index contributed by atoms with van der Waals surface area (Å²) >= 11 is 0. The Morgan fingerprint density at radius 2 is 1.91 bits per heavy atom. The molecule has 0 amide bonds. The molecular formula is C8H16N2O. The first-order chi connectivity index (χ1) is 5.31. The summed E-state index contributed by atoms with van der Waals surface area (Å²) in [5.41, 5.74) is 0. The second-order valence-electron chi connectivity index (χ2n) is 2.43. The minimum atomic E-state index is 0.639. The Morgan fingerprint density at radius 1 is 1.45 bits per heavy atom. The standard InChI is InChI=1S/C5H12N2.C3H4O/c1-7-4-2-6-3-5-7;1-2-3-4/h6H,2-5H2,1H3;2-3H,1H2. The van der Waals surface area contributed by atoms with E-state index >= 15 is 0 Å². The Balaban J connectivity index is 0.000000218. The number of nitrogens with zero attached hydrogens (tertiary/aromatic N) is 1. The van der Waals surface area contributed by atoms with Gasteiger partial charge in [-0.3, -0.25) is 4.79 Å². The molecule has 0 aromatic heterocycles. The van der Waals surface area contributed by atoms with Crippen LogP contribution in [0.5, 0.6) is 0 Å². The molecule has 0 aliphatic carbocycles. The summed E-state index contributed by atoms with van der Waals surface area (Å²) in [6.07, 6.45) is 1.83. The zero-order valence-electron chi connectivity index (χ0n) is 7.05. The molecule has 1 N–H and O–H groups in total. The number of carbonyl (C=O) groups is 1. The smallest absolute Gasteiger partial charge is 0.142 e. The van der Waals surface area contributed by atoms with Crippen LogP contribution in [0.4, 0.5) is 0 Å². The van der Waals surface area contributed by atoms with Crippen LogP contribution >= 0.6 is 0 Å². The Hall–Kier alpha value is -0.670. The van der Waals surface area contributed by atoms with Gasteiger partial charge in [-0.25, -0.2) is 0 Å². The molecule has 1 aliphatic heterocycles. The fraction of sp³-hybridized carbons (Fsp3) is 0.625. The van der Waals surface area contributed by atoms with Crippen molar-refractivity contribution in [1.29, 1.82) is 0 Å². The number of piperazine rings is 1. The third-order valence-electron chi connectivity index (χ3n) is 1.44. The Bertz CT molecular complexity index is 103. The van der Waals surface area contributed by atoms with E-state index in [1.807, 2.05) is 0 Å². The second kappa shape index (κ2) is 7.44. The lowest BCUT2D eigenvalue weighted by molar-refractivity contribution is -0.104. The van der Waals surface area contributed by atoms with Gasteiger partial charge in [-0.2, -0.15) is 0 Å². The fourth-order valence-electron chi connectivity index (χ4n) is 0.777. The normalized spacial score (nSPS) is 17.9. The van der Waals surface area contributed by atoms with Gasteiger partial charge in [0.05, 0.1) is 0 Å². The zero-order chi connectivity index (χ0) is 8.53. The molecule has 0 saturated carbocycles. The number of likely N-dealkylation sites (N-methyl/N-ethyl adjacent to an activating group) is 1. The molecule has 3 heteroatoms. The topological polar surface area (TPSA) is 32.3 Å². The molecule has 0 radical (unpaired) electrons. The van der Waals surface area contributed by atoms with E-state index in [9.17, 15) is 0 Å². The van der Waals surface area contributed by atoms with Gasteiger partial charge in [0.25, 0.3) is 0 Å². The zero-order valence-corrected chi connectivity index (χ0v) is 7.05. The van der Waals surface area contributed by atoms with Crippen molar-refractivity contribution in [2.75, 3.05) is 33.2 Å². The number of nitrogens with one attached hydrogen (secondary N) is 1. The maximum atomic E-state index is 9.06. The second-order valence-corrected chi connectivity index (χ2v) is 2.43. The number of hydrogen-bond donors (Lipinski definition) is 1. The van der Waals surface area contributed by atoms with Gasteiger partial charge in [0.2, 0.25) is 0 Å². The van der Waals surface area contributed by atoms with E-state index in [1.165, 1.54) is 19.2 Å². The summed E-state index contributed by atoms with van der Waals surface area (Å²) < 4.78 is 0. The molecule has 64 valence electrons. The maximum Gasteiger partial charge on any atom is 0.142 e. The molecule has 0 atom stereocenters. The Morgan fingerprint density at radius 3 is 2.09 bits per heavy atom. The first kappa shape index (κ1) is 10.3. The van der Waals surface area contributed by atoms with Gasteiger partial charge in [-0.1, -0.05) is 6.58 Å². The van der Waals surface area contributed by atoms with Crippen molar-refractivity contribution in [3.05, 3.63) is 12.7 Å². The molecule has 0 aromatic carbocycles. The predicted octanol–water partition coefficient (Wildman–Crippen LogP) is -0.107. The third kappa shape index (κ3) is 7.22. The minimum Gasteiger partial charge on any atom is -0.314 e. The number of aldehydes is 1. The van der Waals surface area contributed by atoms with E-state index in [-0.39, 0.29) is 0 Å². The first-order valence-corrected chi connectivity index (χ1v) is 3.76. The lowest BCUT2D eigenvalue weighted by Crippen LogP contribution is -2.40. The lowest BCUT2D eigenvalue weighted by Gasteiger charge is -2.21. The largest absolute Gasteiger partial charge is 0.314 e. The van der Waals surface area contributed by atoms with Gasteiger partial charge in [0.15, 0.2) is 0 Å². The van der Waals surface area contributed by atoms with Crippen LogP contribution in [-0.4, -0.2) is 44.4 Å².